The maximum atomic E-state index is 11.7. The van der Waals surface area contributed by atoms with Gasteiger partial charge in [-0.25, -0.2) is 10.9 Å². The first-order valence-electron chi connectivity index (χ1n) is 14.9. The minimum absolute atomic E-state index is 0.120. The number of hydrogen-bond donors (Lipinski definition) is 4. The standard InChI is InChI=1S/2C19H16N2O3/c2*22-17-8-5-14(6-9-17)12-20-21-19(23)13-24-18-10-7-15-3-1-2-4-16(15)11-18/h2*1-12,22H,13H2,(H,21,23)/b2*20-12+. The summed E-state index contributed by atoms with van der Waals surface area (Å²) in [6.07, 6.45) is 2.99. The molecule has 0 radical (unpaired) electrons. The summed E-state index contributed by atoms with van der Waals surface area (Å²) in [5, 5.41) is 30.4. The molecule has 240 valence electrons. The molecule has 48 heavy (non-hydrogen) atoms. The van der Waals surface area contributed by atoms with E-state index in [1.165, 1.54) is 12.4 Å². The lowest BCUT2D eigenvalue weighted by Crippen LogP contribution is -2.24. The number of hydrazone groups is 2. The lowest BCUT2D eigenvalue weighted by atomic mass is 10.1. The van der Waals surface area contributed by atoms with Crippen LogP contribution in [0.1, 0.15) is 11.1 Å². The van der Waals surface area contributed by atoms with E-state index in [1.807, 2.05) is 84.9 Å². The van der Waals surface area contributed by atoms with E-state index in [0.29, 0.717) is 11.5 Å². The monoisotopic (exact) mass is 640 g/mol. The van der Waals surface area contributed by atoms with Crippen molar-refractivity contribution in [2.75, 3.05) is 13.2 Å². The number of aromatic hydroxyl groups is 2. The molecule has 0 atom stereocenters. The first-order valence-corrected chi connectivity index (χ1v) is 14.9. The topological polar surface area (TPSA) is 142 Å². The average Bonchev–Trinajstić information content (AvgIpc) is 3.11. The van der Waals surface area contributed by atoms with Gasteiger partial charge in [0.25, 0.3) is 11.8 Å². The molecule has 0 aliphatic rings. The number of hydrogen-bond acceptors (Lipinski definition) is 8. The van der Waals surface area contributed by atoms with E-state index in [4.69, 9.17) is 9.47 Å². The molecule has 6 aromatic carbocycles. The summed E-state index contributed by atoms with van der Waals surface area (Å²) in [7, 11) is 0. The van der Waals surface area contributed by atoms with Crippen molar-refractivity contribution in [2.45, 2.75) is 0 Å². The normalized spacial score (nSPS) is 10.8. The maximum absolute atomic E-state index is 11.7. The van der Waals surface area contributed by atoms with Gasteiger partial charge in [0.15, 0.2) is 13.2 Å². The highest BCUT2D eigenvalue weighted by Crippen LogP contribution is 2.21. The number of benzene rings is 6. The third kappa shape index (κ3) is 10.2. The zero-order valence-electron chi connectivity index (χ0n) is 25.7. The Morgan fingerprint density at radius 2 is 0.896 bits per heavy atom. The fourth-order valence-corrected chi connectivity index (χ4v) is 4.36. The first kappa shape index (κ1) is 32.7. The number of rotatable bonds is 10. The molecule has 0 heterocycles. The Balaban J connectivity index is 0.000000188. The van der Waals surface area contributed by atoms with Crippen LogP contribution in [-0.4, -0.2) is 47.7 Å². The summed E-state index contributed by atoms with van der Waals surface area (Å²) in [6.45, 7) is -0.240. The van der Waals surface area contributed by atoms with Gasteiger partial charge >= 0.3 is 0 Å². The molecule has 6 aromatic rings. The van der Waals surface area contributed by atoms with Crippen molar-refractivity contribution < 1.29 is 29.3 Å². The van der Waals surface area contributed by atoms with Gasteiger partial charge < -0.3 is 19.7 Å². The lowest BCUT2D eigenvalue weighted by molar-refractivity contribution is -0.123. The van der Waals surface area contributed by atoms with Crippen LogP contribution in [0.3, 0.4) is 0 Å². The molecular formula is C38H32N4O6. The first-order chi connectivity index (χ1) is 23.4. The summed E-state index contributed by atoms with van der Waals surface area (Å²) in [5.41, 5.74) is 6.33. The Kier molecular flexibility index (Phi) is 11.3. The third-order valence-corrected chi connectivity index (χ3v) is 6.77. The van der Waals surface area contributed by atoms with Crippen LogP contribution in [0.4, 0.5) is 0 Å². The number of phenols is 2. The van der Waals surface area contributed by atoms with Crippen LogP contribution < -0.4 is 20.3 Å². The van der Waals surface area contributed by atoms with Crippen molar-refractivity contribution in [2.24, 2.45) is 10.2 Å². The number of ether oxygens (including phenoxy) is 2. The Morgan fingerprint density at radius 1 is 0.521 bits per heavy atom. The molecule has 2 amide bonds. The molecule has 0 spiro atoms. The Labute approximate surface area is 276 Å². The van der Waals surface area contributed by atoms with Crippen LogP contribution in [0.2, 0.25) is 0 Å². The van der Waals surface area contributed by atoms with Crippen LogP contribution in [0, 0.1) is 0 Å². The van der Waals surface area contributed by atoms with Gasteiger partial charge in [-0.05, 0) is 105 Å². The highest BCUT2D eigenvalue weighted by molar-refractivity contribution is 5.86. The van der Waals surface area contributed by atoms with Crippen LogP contribution >= 0.6 is 0 Å². The summed E-state index contributed by atoms with van der Waals surface area (Å²) < 4.78 is 11.0. The van der Waals surface area contributed by atoms with Crippen LogP contribution in [0.25, 0.3) is 21.5 Å². The van der Waals surface area contributed by atoms with Crippen molar-refractivity contribution in [1.82, 2.24) is 10.9 Å². The largest absolute Gasteiger partial charge is 0.508 e. The number of carbonyl (C=O) groups excluding carboxylic acids is 2. The summed E-state index contributed by atoms with van der Waals surface area (Å²) in [6, 6.07) is 40.2. The highest BCUT2D eigenvalue weighted by Gasteiger charge is 2.04. The van der Waals surface area contributed by atoms with Gasteiger partial charge in [0, 0.05) is 0 Å². The number of phenolic OH excluding ortho intramolecular Hbond substituents is 2. The quantitative estimate of drug-likeness (QED) is 0.105. The number of carbonyl (C=O) groups is 2. The van der Waals surface area contributed by atoms with Crippen molar-refractivity contribution in [3.8, 4) is 23.0 Å². The number of amides is 2. The smallest absolute Gasteiger partial charge is 0.277 e. The van der Waals surface area contributed by atoms with Gasteiger partial charge in [-0.1, -0.05) is 60.7 Å². The van der Waals surface area contributed by atoms with Crippen LogP contribution in [0.5, 0.6) is 23.0 Å². The van der Waals surface area contributed by atoms with Gasteiger partial charge in [-0.15, -0.1) is 0 Å². The third-order valence-electron chi connectivity index (χ3n) is 6.77. The maximum Gasteiger partial charge on any atom is 0.277 e. The number of nitrogens with zero attached hydrogens (tertiary/aromatic N) is 2. The van der Waals surface area contributed by atoms with Crippen molar-refractivity contribution in [3.05, 3.63) is 145 Å². The second kappa shape index (κ2) is 16.6. The Hall–Kier alpha value is -6.68. The van der Waals surface area contributed by atoms with Crippen molar-refractivity contribution in [3.63, 3.8) is 0 Å². The van der Waals surface area contributed by atoms with Gasteiger partial charge in [-0.2, -0.15) is 10.2 Å². The van der Waals surface area contributed by atoms with Crippen LogP contribution in [-0.2, 0) is 9.59 Å². The van der Waals surface area contributed by atoms with Crippen LogP contribution in [0.15, 0.2) is 144 Å². The fourth-order valence-electron chi connectivity index (χ4n) is 4.36. The highest BCUT2D eigenvalue weighted by atomic mass is 16.5. The molecular weight excluding hydrogens is 608 g/mol. The summed E-state index contributed by atoms with van der Waals surface area (Å²) in [5.74, 6) is 0.925. The zero-order valence-corrected chi connectivity index (χ0v) is 25.7. The summed E-state index contributed by atoms with van der Waals surface area (Å²) >= 11 is 0. The van der Waals surface area contributed by atoms with E-state index >= 15 is 0 Å². The minimum atomic E-state index is -0.349. The number of nitrogens with one attached hydrogen (secondary N) is 2. The van der Waals surface area contributed by atoms with Crippen molar-refractivity contribution in [1.29, 1.82) is 0 Å². The Morgan fingerprint density at radius 3 is 1.29 bits per heavy atom. The molecule has 6 rings (SSSR count). The molecule has 0 aliphatic carbocycles. The number of fused-ring (bicyclic) bond motifs is 2. The minimum Gasteiger partial charge on any atom is -0.508 e. The molecule has 0 aliphatic heterocycles. The van der Waals surface area contributed by atoms with Gasteiger partial charge in [0.05, 0.1) is 12.4 Å². The van der Waals surface area contributed by atoms with E-state index in [2.05, 4.69) is 21.1 Å². The molecule has 0 aromatic heterocycles. The zero-order chi connectivity index (χ0) is 33.6. The van der Waals surface area contributed by atoms with E-state index in [9.17, 15) is 19.8 Å². The lowest BCUT2D eigenvalue weighted by Gasteiger charge is -2.06. The SMILES string of the molecule is O=C(COc1ccc2ccccc2c1)N/N=C/c1ccc(O)cc1.O=C(COc1ccc2ccccc2c1)N/N=C/c1ccc(O)cc1. The predicted octanol–water partition coefficient (Wildman–Crippen LogP) is 6.15. The van der Waals surface area contributed by atoms with E-state index in [0.717, 1.165) is 32.7 Å². The van der Waals surface area contributed by atoms with Gasteiger partial charge in [-0.3, -0.25) is 9.59 Å². The Bertz CT molecular complexity index is 1900. The van der Waals surface area contributed by atoms with Crippen molar-refractivity contribution >= 4 is 45.8 Å². The molecule has 0 bridgehead atoms. The second-order valence-corrected chi connectivity index (χ2v) is 10.4. The molecule has 0 saturated heterocycles. The van der Waals surface area contributed by atoms with E-state index in [1.54, 1.807) is 48.5 Å². The summed E-state index contributed by atoms with van der Waals surface area (Å²) in [4.78, 5) is 23.5. The molecule has 10 heteroatoms. The average molecular weight is 641 g/mol. The van der Waals surface area contributed by atoms with Gasteiger partial charge in [0.2, 0.25) is 0 Å². The molecule has 0 fully saturated rings. The fraction of sp³-hybridized carbons (Fsp3) is 0.0526. The van der Waals surface area contributed by atoms with E-state index < -0.39 is 0 Å². The molecule has 0 saturated carbocycles. The molecule has 0 unspecified atom stereocenters. The van der Waals surface area contributed by atoms with Gasteiger partial charge in [0.1, 0.15) is 23.0 Å². The predicted molar refractivity (Wildman–Crippen MR) is 187 cm³/mol. The van der Waals surface area contributed by atoms with E-state index in [-0.39, 0.29) is 36.5 Å². The molecule has 4 N–H and O–H groups in total. The molecule has 10 nitrogen and oxygen atoms in total. The second-order valence-electron chi connectivity index (χ2n) is 10.4.